The van der Waals surface area contributed by atoms with Gasteiger partial charge < -0.3 is 0 Å². The minimum atomic E-state index is -1.12. The zero-order valence-electron chi connectivity index (χ0n) is 10.1. The van der Waals surface area contributed by atoms with Crippen LogP contribution in [0.1, 0.15) is 40.3 Å². The van der Waals surface area contributed by atoms with Gasteiger partial charge >= 0.3 is 0 Å². The van der Waals surface area contributed by atoms with Gasteiger partial charge in [0.2, 0.25) is 0 Å². The summed E-state index contributed by atoms with van der Waals surface area (Å²) in [7, 11) is 0. The molecule has 0 N–H and O–H groups in total. The van der Waals surface area contributed by atoms with Crippen LogP contribution in [0, 0.1) is 0 Å². The summed E-state index contributed by atoms with van der Waals surface area (Å²) in [6.45, 7) is -3.64. The highest BCUT2D eigenvalue weighted by Gasteiger charge is 2.22. The smallest absolute Gasteiger partial charge is 0.115 e. The van der Waals surface area contributed by atoms with E-state index in [-0.39, 0.29) is 39.8 Å². The van der Waals surface area contributed by atoms with Gasteiger partial charge in [0, 0.05) is 0 Å². The average Bonchev–Trinajstić information content (AvgIpc) is 2.43. The second kappa shape index (κ2) is 6.71. The van der Waals surface area contributed by atoms with Crippen LogP contribution >= 0.6 is 0 Å². The van der Waals surface area contributed by atoms with Gasteiger partial charge in [0.25, 0.3) is 0 Å². The van der Waals surface area contributed by atoms with Gasteiger partial charge in [-0.1, -0.05) is 6.92 Å². The molecule has 0 fully saturated rings. The summed E-state index contributed by atoms with van der Waals surface area (Å²) in [4.78, 5) is 0. The van der Waals surface area contributed by atoms with Crippen molar-refractivity contribution >= 4 is 0 Å². The van der Waals surface area contributed by atoms with Crippen LogP contribution in [-0.2, 0) is 39.8 Å². The van der Waals surface area contributed by atoms with E-state index in [2.05, 4.69) is 0 Å². The van der Waals surface area contributed by atoms with E-state index in [4.69, 9.17) is 0 Å². The third-order valence-electron chi connectivity index (χ3n) is 3.21. The van der Waals surface area contributed by atoms with Crippen LogP contribution < -0.4 is 0 Å². The van der Waals surface area contributed by atoms with Crippen molar-refractivity contribution in [1.82, 2.24) is 0 Å². The number of hydrogen-bond acceptors (Lipinski definition) is 0. The first-order valence-corrected chi connectivity index (χ1v) is 5.66. The fourth-order valence-electron chi connectivity index (χ4n) is 2.33. The van der Waals surface area contributed by atoms with Crippen LogP contribution in [0.5, 0.6) is 0 Å². The van der Waals surface area contributed by atoms with Crippen LogP contribution in [0.2, 0.25) is 0 Å². The van der Waals surface area contributed by atoms with E-state index >= 15 is 0 Å². The van der Waals surface area contributed by atoms with Crippen molar-refractivity contribution in [3.8, 4) is 0 Å². The highest BCUT2D eigenvalue weighted by Crippen LogP contribution is 2.32. The summed E-state index contributed by atoms with van der Waals surface area (Å²) < 4.78 is 64.8. The Balaban J connectivity index is 3.71. The van der Waals surface area contributed by atoms with Gasteiger partial charge in [0.1, 0.15) is 33.4 Å². The van der Waals surface area contributed by atoms with Crippen molar-refractivity contribution < 1.29 is 22.0 Å². The van der Waals surface area contributed by atoms with Gasteiger partial charge in [-0.2, -0.15) is 0 Å². The Morgan fingerprint density at radius 2 is 0.722 bits per heavy atom. The molecule has 0 spiro atoms. The van der Waals surface area contributed by atoms with Crippen molar-refractivity contribution in [2.75, 3.05) is 0 Å². The maximum absolute atomic E-state index is 13.0. The monoisotopic (exact) mass is 266 g/mol. The van der Waals surface area contributed by atoms with E-state index in [1.807, 2.05) is 0 Å². The van der Waals surface area contributed by atoms with Gasteiger partial charge in [-0.05, 0) is 39.8 Å². The molecule has 0 aliphatic heterocycles. The van der Waals surface area contributed by atoms with Gasteiger partial charge in [-0.15, -0.1) is 0 Å². The maximum Gasteiger partial charge on any atom is 0.115 e. The normalized spacial score (nSPS) is 11.0. The van der Waals surface area contributed by atoms with Crippen molar-refractivity contribution in [1.29, 1.82) is 0 Å². The van der Waals surface area contributed by atoms with Crippen LogP contribution in [-0.4, -0.2) is 0 Å². The first kappa shape index (κ1) is 14.9. The quantitative estimate of drug-likeness (QED) is 0.660. The number of alkyl halides is 5. The fourth-order valence-corrected chi connectivity index (χ4v) is 2.33. The Labute approximate surface area is 103 Å². The number of benzene rings is 1. The second-order valence-corrected chi connectivity index (χ2v) is 3.89. The van der Waals surface area contributed by atoms with E-state index in [1.165, 1.54) is 0 Å². The van der Waals surface area contributed by atoms with E-state index in [0.717, 1.165) is 0 Å². The third-order valence-corrected chi connectivity index (χ3v) is 3.21. The molecule has 0 amide bonds. The lowest BCUT2D eigenvalue weighted by molar-refractivity contribution is 0.412. The summed E-state index contributed by atoms with van der Waals surface area (Å²) in [6, 6.07) is 0. The van der Waals surface area contributed by atoms with E-state index < -0.39 is 33.4 Å². The van der Waals surface area contributed by atoms with Gasteiger partial charge in [0.05, 0.1) is 0 Å². The second-order valence-electron chi connectivity index (χ2n) is 3.89. The Morgan fingerprint density at radius 1 is 0.500 bits per heavy atom. The molecule has 0 saturated carbocycles. The molecule has 102 valence electrons. The molecule has 1 aromatic carbocycles. The zero-order valence-corrected chi connectivity index (χ0v) is 10.1. The van der Waals surface area contributed by atoms with Gasteiger partial charge in [-0.25, -0.2) is 22.0 Å². The molecule has 0 unspecified atom stereocenters. The average molecular weight is 266 g/mol. The molecule has 0 radical (unpaired) electrons. The van der Waals surface area contributed by atoms with Crippen LogP contribution in [0.15, 0.2) is 0 Å². The van der Waals surface area contributed by atoms with E-state index in [1.54, 1.807) is 6.92 Å². The highest BCUT2D eigenvalue weighted by atomic mass is 19.1. The predicted octanol–water partition coefficient (Wildman–Crippen LogP) is 4.60. The standard InChI is InChI=1S/C13H15F5/c1-2-8-9(3-14)11(5-16)13(7-18)12(6-17)10(8)4-15/h2-7H2,1H3. The summed E-state index contributed by atoms with van der Waals surface area (Å²) in [5.74, 6) is 0. The molecule has 0 nitrogen and oxygen atoms in total. The molecule has 0 aliphatic carbocycles. The molecule has 0 saturated heterocycles. The highest BCUT2D eigenvalue weighted by molar-refractivity contribution is 5.51. The molecule has 0 aromatic heterocycles. The number of halogens is 5. The van der Waals surface area contributed by atoms with Crippen LogP contribution in [0.25, 0.3) is 0 Å². The lowest BCUT2D eigenvalue weighted by Gasteiger charge is -2.20. The molecule has 18 heavy (non-hydrogen) atoms. The molecule has 0 atom stereocenters. The summed E-state index contributed by atoms with van der Waals surface area (Å²) in [5, 5.41) is 0. The van der Waals surface area contributed by atoms with Gasteiger partial charge in [-0.3, -0.25) is 0 Å². The van der Waals surface area contributed by atoms with Crippen molar-refractivity contribution in [3.63, 3.8) is 0 Å². The lowest BCUT2D eigenvalue weighted by Crippen LogP contribution is -2.10. The largest absolute Gasteiger partial charge is 0.246 e. The molecule has 1 rings (SSSR count). The molecule has 0 aliphatic rings. The molecule has 0 bridgehead atoms. The Hall–Kier alpha value is -1.13. The topological polar surface area (TPSA) is 0 Å². The number of rotatable bonds is 6. The Morgan fingerprint density at radius 3 is 0.889 bits per heavy atom. The van der Waals surface area contributed by atoms with Crippen LogP contribution in [0.3, 0.4) is 0 Å². The first-order chi connectivity index (χ1) is 8.69. The third kappa shape index (κ3) is 2.35. The molecule has 1 aromatic rings. The molecular weight excluding hydrogens is 251 g/mol. The fraction of sp³-hybridized carbons (Fsp3) is 0.538. The minimum Gasteiger partial charge on any atom is -0.246 e. The van der Waals surface area contributed by atoms with Crippen molar-refractivity contribution in [2.45, 2.75) is 46.7 Å². The molecule has 5 heteroatoms. The Bertz CT molecular complexity index is 294. The predicted molar refractivity (Wildman–Crippen MR) is 59.9 cm³/mol. The summed E-state index contributed by atoms with van der Waals surface area (Å²) in [6.07, 6.45) is 0.255. The van der Waals surface area contributed by atoms with Gasteiger partial charge in [0.15, 0.2) is 0 Å². The molecule has 0 heterocycles. The number of hydrogen-bond donors (Lipinski definition) is 0. The summed E-state index contributed by atoms with van der Waals surface area (Å²) in [5.41, 5.74) is -0.367. The van der Waals surface area contributed by atoms with Crippen molar-refractivity contribution in [3.05, 3.63) is 33.4 Å². The first-order valence-electron chi connectivity index (χ1n) is 5.66. The van der Waals surface area contributed by atoms with Crippen molar-refractivity contribution in [2.24, 2.45) is 0 Å². The lowest BCUT2D eigenvalue weighted by atomic mass is 9.87. The zero-order chi connectivity index (χ0) is 13.7. The van der Waals surface area contributed by atoms with E-state index in [0.29, 0.717) is 0 Å². The maximum atomic E-state index is 13.0. The minimum absolute atomic E-state index is 0.0301. The Kier molecular flexibility index (Phi) is 5.56. The van der Waals surface area contributed by atoms with E-state index in [9.17, 15) is 22.0 Å². The molecular formula is C13H15F5. The SMILES string of the molecule is CCc1c(CF)c(CF)c(CF)c(CF)c1CF. The summed E-state index contributed by atoms with van der Waals surface area (Å²) >= 11 is 0. The van der Waals surface area contributed by atoms with Crippen LogP contribution in [0.4, 0.5) is 22.0 Å².